The molecule has 37 heavy (non-hydrogen) atoms. The van der Waals surface area contributed by atoms with Crippen molar-refractivity contribution in [2.75, 3.05) is 30.8 Å². The third-order valence-corrected chi connectivity index (χ3v) is 7.30. The summed E-state index contributed by atoms with van der Waals surface area (Å²) < 4.78 is 31.9. The van der Waals surface area contributed by atoms with Gasteiger partial charge in [0.15, 0.2) is 0 Å². The fourth-order valence-electron chi connectivity index (χ4n) is 3.97. The lowest BCUT2D eigenvalue weighted by Gasteiger charge is -2.30. The standard InChI is InChI=1S/C28H41N3O5S/c1-20(2)18-29-28(33)23(5)30(19-24-10-8-11-25(17-24)36-6)27(32)12-9-15-31(37(7,34)35)26-16-21(3)13-14-22(26)4/h8,10-11,13-14,16-17,20,23H,9,12,15,18-19H2,1-7H3,(H,29,33)/t23-/m1/s1. The van der Waals surface area contributed by atoms with E-state index in [4.69, 9.17) is 4.74 Å². The van der Waals surface area contributed by atoms with E-state index in [2.05, 4.69) is 5.32 Å². The Hall–Kier alpha value is -3.07. The third-order valence-electron chi connectivity index (χ3n) is 6.12. The van der Waals surface area contributed by atoms with E-state index in [9.17, 15) is 18.0 Å². The van der Waals surface area contributed by atoms with Gasteiger partial charge in [0.25, 0.3) is 0 Å². The van der Waals surface area contributed by atoms with Crippen molar-refractivity contribution in [2.24, 2.45) is 5.92 Å². The molecule has 0 spiro atoms. The lowest BCUT2D eigenvalue weighted by Crippen LogP contribution is -2.48. The van der Waals surface area contributed by atoms with E-state index in [1.54, 1.807) is 18.9 Å². The number of hydrogen-bond acceptors (Lipinski definition) is 5. The van der Waals surface area contributed by atoms with Gasteiger partial charge in [-0.3, -0.25) is 13.9 Å². The van der Waals surface area contributed by atoms with Crippen molar-refractivity contribution >= 4 is 27.5 Å². The molecule has 0 saturated heterocycles. The molecule has 0 bridgehead atoms. The van der Waals surface area contributed by atoms with Gasteiger partial charge in [-0.2, -0.15) is 0 Å². The SMILES string of the molecule is COc1cccc(CN(C(=O)CCCN(c2cc(C)ccc2C)S(C)(=O)=O)[C@H](C)C(=O)NCC(C)C)c1. The van der Waals surface area contributed by atoms with Crippen molar-refractivity contribution in [1.82, 2.24) is 10.2 Å². The van der Waals surface area contributed by atoms with Crippen LogP contribution in [0.25, 0.3) is 0 Å². The number of methoxy groups -OCH3 is 1. The molecular weight excluding hydrogens is 490 g/mol. The van der Waals surface area contributed by atoms with Crippen molar-refractivity contribution in [3.05, 3.63) is 59.2 Å². The fraction of sp³-hybridized carbons (Fsp3) is 0.500. The monoisotopic (exact) mass is 531 g/mol. The zero-order valence-electron chi connectivity index (χ0n) is 23.1. The molecule has 2 aromatic carbocycles. The largest absolute Gasteiger partial charge is 0.497 e. The van der Waals surface area contributed by atoms with Gasteiger partial charge in [-0.1, -0.05) is 38.1 Å². The third kappa shape index (κ3) is 9.07. The number of rotatable bonds is 13. The van der Waals surface area contributed by atoms with Crippen molar-refractivity contribution in [2.45, 2.75) is 60.0 Å². The molecule has 0 aromatic heterocycles. The molecular formula is C28H41N3O5S. The number of hydrogen-bond donors (Lipinski definition) is 1. The zero-order chi connectivity index (χ0) is 27.8. The number of aryl methyl sites for hydroxylation is 2. The number of benzene rings is 2. The van der Waals surface area contributed by atoms with Gasteiger partial charge in [-0.15, -0.1) is 0 Å². The molecule has 2 aromatic rings. The van der Waals surface area contributed by atoms with E-state index in [0.717, 1.165) is 16.7 Å². The second-order valence-corrected chi connectivity index (χ2v) is 11.8. The average molecular weight is 532 g/mol. The maximum atomic E-state index is 13.4. The van der Waals surface area contributed by atoms with Crippen LogP contribution in [0.2, 0.25) is 0 Å². The highest BCUT2D eigenvalue weighted by atomic mass is 32.2. The van der Waals surface area contributed by atoms with Crippen LogP contribution in [0.4, 0.5) is 5.69 Å². The Labute approximate surface area is 222 Å². The van der Waals surface area contributed by atoms with E-state index < -0.39 is 16.1 Å². The molecule has 0 heterocycles. The molecule has 9 heteroatoms. The highest BCUT2D eigenvalue weighted by Gasteiger charge is 2.27. The van der Waals surface area contributed by atoms with Gasteiger partial charge in [0, 0.05) is 26.1 Å². The summed E-state index contributed by atoms with van der Waals surface area (Å²) in [6.07, 6.45) is 1.59. The van der Waals surface area contributed by atoms with Crippen LogP contribution < -0.4 is 14.4 Å². The minimum Gasteiger partial charge on any atom is -0.497 e. The van der Waals surface area contributed by atoms with E-state index >= 15 is 0 Å². The normalized spacial score (nSPS) is 12.2. The molecule has 1 atom stereocenters. The lowest BCUT2D eigenvalue weighted by atomic mass is 10.1. The van der Waals surface area contributed by atoms with Crippen LogP contribution in [-0.4, -0.2) is 57.6 Å². The van der Waals surface area contributed by atoms with Gasteiger partial charge in [-0.25, -0.2) is 8.42 Å². The first kappa shape index (κ1) is 30.2. The molecule has 0 aliphatic carbocycles. The summed E-state index contributed by atoms with van der Waals surface area (Å²) in [4.78, 5) is 27.8. The van der Waals surface area contributed by atoms with Gasteiger partial charge < -0.3 is 15.0 Å². The average Bonchev–Trinajstić information content (AvgIpc) is 2.84. The van der Waals surface area contributed by atoms with Gasteiger partial charge in [0.1, 0.15) is 11.8 Å². The highest BCUT2D eigenvalue weighted by Crippen LogP contribution is 2.25. The Kier molecular flexibility index (Phi) is 11.0. The van der Waals surface area contributed by atoms with E-state index in [-0.39, 0.29) is 37.2 Å². The molecule has 1 N–H and O–H groups in total. The van der Waals surface area contributed by atoms with Gasteiger partial charge in [-0.05, 0) is 68.0 Å². The van der Waals surface area contributed by atoms with Gasteiger partial charge >= 0.3 is 0 Å². The summed E-state index contributed by atoms with van der Waals surface area (Å²) >= 11 is 0. The summed E-state index contributed by atoms with van der Waals surface area (Å²) in [5.41, 5.74) is 3.25. The molecule has 0 aliphatic heterocycles. The first-order valence-corrected chi connectivity index (χ1v) is 14.4. The van der Waals surface area contributed by atoms with Crippen LogP contribution in [0.1, 0.15) is 50.3 Å². The van der Waals surface area contributed by atoms with Crippen LogP contribution >= 0.6 is 0 Å². The zero-order valence-corrected chi connectivity index (χ0v) is 23.9. The molecule has 0 aliphatic rings. The van der Waals surface area contributed by atoms with Crippen LogP contribution in [0.3, 0.4) is 0 Å². The fourth-order valence-corrected chi connectivity index (χ4v) is 4.99. The van der Waals surface area contributed by atoms with Crippen LogP contribution in [-0.2, 0) is 26.2 Å². The van der Waals surface area contributed by atoms with Crippen molar-refractivity contribution in [3.8, 4) is 5.75 Å². The Morgan fingerprint density at radius 2 is 1.76 bits per heavy atom. The number of nitrogens with one attached hydrogen (secondary N) is 1. The number of carbonyl (C=O) groups is 2. The van der Waals surface area contributed by atoms with Crippen molar-refractivity contribution < 1.29 is 22.7 Å². The van der Waals surface area contributed by atoms with Crippen LogP contribution in [0.5, 0.6) is 5.75 Å². The molecule has 204 valence electrons. The first-order chi connectivity index (χ1) is 17.3. The van der Waals surface area contributed by atoms with E-state index in [1.165, 1.54) is 10.6 Å². The van der Waals surface area contributed by atoms with Crippen molar-refractivity contribution in [3.63, 3.8) is 0 Å². The first-order valence-electron chi connectivity index (χ1n) is 12.6. The smallest absolute Gasteiger partial charge is 0.242 e. The predicted molar refractivity (Wildman–Crippen MR) is 148 cm³/mol. The maximum absolute atomic E-state index is 13.4. The number of amides is 2. The summed E-state index contributed by atoms with van der Waals surface area (Å²) in [6, 6.07) is 12.4. The summed E-state index contributed by atoms with van der Waals surface area (Å²) in [5.74, 6) is 0.507. The topological polar surface area (TPSA) is 96.0 Å². The molecule has 2 amide bonds. The second-order valence-electron chi connectivity index (χ2n) is 9.92. The molecule has 0 fully saturated rings. The maximum Gasteiger partial charge on any atom is 0.242 e. The Bertz CT molecular complexity index is 1180. The summed E-state index contributed by atoms with van der Waals surface area (Å²) in [5, 5.41) is 2.91. The van der Waals surface area contributed by atoms with Gasteiger partial charge in [0.05, 0.1) is 19.1 Å². The quantitative estimate of drug-likeness (QED) is 0.421. The predicted octanol–water partition coefficient (Wildman–Crippen LogP) is 4.05. The minimum absolute atomic E-state index is 0.0999. The van der Waals surface area contributed by atoms with E-state index in [1.807, 2.05) is 70.2 Å². The van der Waals surface area contributed by atoms with E-state index in [0.29, 0.717) is 24.4 Å². The Morgan fingerprint density at radius 1 is 1.05 bits per heavy atom. The number of carbonyl (C=O) groups excluding carboxylic acids is 2. The number of sulfonamides is 1. The molecule has 2 rings (SSSR count). The Morgan fingerprint density at radius 3 is 2.38 bits per heavy atom. The van der Waals surface area contributed by atoms with Crippen LogP contribution in [0.15, 0.2) is 42.5 Å². The Balaban J connectivity index is 2.21. The second kappa shape index (κ2) is 13.5. The number of ether oxygens (including phenoxy) is 1. The summed E-state index contributed by atoms with van der Waals surface area (Å²) in [7, 11) is -1.97. The summed E-state index contributed by atoms with van der Waals surface area (Å²) in [6.45, 7) is 10.4. The lowest BCUT2D eigenvalue weighted by molar-refractivity contribution is -0.140. The molecule has 8 nitrogen and oxygen atoms in total. The number of nitrogens with zero attached hydrogens (tertiary/aromatic N) is 2. The van der Waals surface area contributed by atoms with Gasteiger partial charge in [0.2, 0.25) is 21.8 Å². The van der Waals surface area contributed by atoms with Crippen molar-refractivity contribution in [1.29, 1.82) is 0 Å². The molecule has 0 saturated carbocycles. The molecule has 0 unspecified atom stereocenters. The highest BCUT2D eigenvalue weighted by molar-refractivity contribution is 7.92. The molecule has 0 radical (unpaired) electrons. The minimum atomic E-state index is -3.55. The number of anilines is 1. The van der Waals surface area contributed by atoms with Crippen LogP contribution in [0, 0.1) is 19.8 Å².